The number of hydrogen-bond donors (Lipinski definition) is 0. The summed E-state index contributed by atoms with van der Waals surface area (Å²) in [5.41, 5.74) is 0.930. The number of benzene rings is 1. The number of rotatable bonds is 6. The molecule has 126 valence electrons. The molecule has 0 bridgehead atoms. The molecule has 0 saturated heterocycles. The van der Waals surface area contributed by atoms with Gasteiger partial charge in [0, 0.05) is 19.2 Å². The van der Waals surface area contributed by atoms with Gasteiger partial charge in [0.15, 0.2) is 11.5 Å². The predicted octanol–water partition coefficient (Wildman–Crippen LogP) is 3.90. The molecule has 0 aliphatic heterocycles. The van der Waals surface area contributed by atoms with E-state index in [1.54, 1.807) is 13.2 Å². The van der Waals surface area contributed by atoms with E-state index in [0.717, 1.165) is 18.4 Å². The first kappa shape index (κ1) is 17.4. The maximum Gasteiger partial charge on any atom is 0.246 e. The van der Waals surface area contributed by atoms with Gasteiger partial charge in [-0.05, 0) is 43.5 Å². The summed E-state index contributed by atoms with van der Waals surface area (Å²) in [5, 5.41) is 0. The second kappa shape index (κ2) is 8.61. The van der Waals surface area contributed by atoms with E-state index in [1.165, 1.54) is 19.3 Å². The third-order valence-electron chi connectivity index (χ3n) is 4.38. The van der Waals surface area contributed by atoms with Crippen LogP contribution in [-0.4, -0.2) is 37.6 Å². The summed E-state index contributed by atoms with van der Waals surface area (Å²) in [6.45, 7) is 2.51. The lowest BCUT2D eigenvalue weighted by Crippen LogP contribution is -2.37. The van der Waals surface area contributed by atoms with Crippen molar-refractivity contribution in [3.8, 4) is 11.5 Å². The van der Waals surface area contributed by atoms with Gasteiger partial charge < -0.3 is 14.4 Å². The van der Waals surface area contributed by atoms with E-state index in [-0.39, 0.29) is 5.91 Å². The van der Waals surface area contributed by atoms with Crippen molar-refractivity contribution in [3.05, 3.63) is 29.8 Å². The topological polar surface area (TPSA) is 38.8 Å². The lowest BCUT2D eigenvalue weighted by atomic mass is 9.94. The van der Waals surface area contributed by atoms with E-state index in [9.17, 15) is 4.79 Å². The van der Waals surface area contributed by atoms with Crippen molar-refractivity contribution < 1.29 is 14.3 Å². The van der Waals surface area contributed by atoms with Crippen LogP contribution < -0.4 is 9.47 Å². The zero-order chi connectivity index (χ0) is 16.7. The van der Waals surface area contributed by atoms with Gasteiger partial charge >= 0.3 is 0 Å². The van der Waals surface area contributed by atoms with Gasteiger partial charge in [0.2, 0.25) is 5.91 Å². The molecule has 0 atom stereocenters. The Morgan fingerprint density at radius 3 is 2.65 bits per heavy atom. The highest BCUT2D eigenvalue weighted by molar-refractivity contribution is 5.91. The smallest absolute Gasteiger partial charge is 0.246 e. The summed E-state index contributed by atoms with van der Waals surface area (Å²) in [6.07, 6.45) is 9.46. The lowest BCUT2D eigenvalue weighted by molar-refractivity contribution is -0.127. The van der Waals surface area contributed by atoms with Crippen molar-refractivity contribution >= 4 is 12.0 Å². The molecule has 1 aromatic rings. The Kier molecular flexibility index (Phi) is 6.51. The fraction of sp³-hybridized carbons (Fsp3) is 0.526. The molecule has 1 amide bonds. The first-order chi connectivity index (χ1) is 11.2. The molecule has 0 heterocycles. The Morgan fingerprint density at radius 2 is 2.00 bits per heavy atom. The zero-order valence-corrected chi connectivity index (χ0v) is 14.4. The average molecular weight is 317 g/mol. The molecule has 23 heavy (non-hydrogen) atoms. The zero-order valence-electron chi connectivity index (χ0n) is 14.4. The van der Waals surface area contributed by atoms with Crippen molar-refractivity contribution in [2.24, 2.45) is 0 Å². The number of methoxy groups -OCH3 is 1. The van der Waals surface area contributed by atoms with E-state index in [0.29, 0.717) is 24.1 Å². The van der Waals surface area contributed by atoms with E-state index in [1.807, 2.05) is 43.1 Å². The average Bonchev–Trinajstić information content (AvgIpc) is 2.60. The van der Waals surface area contributed by atoms with Crippen molar-refractivity contribution in [1.82, 2.24) is 4.90 Å². The molecule has 1 aliphatic carbocycles. The molecule has 1 aliphatic rings. The molecule has 0 aromatic heterocycles. The van der Waals surface area contributed by atoms with Crippen LogP contribution in [0.5, 0.6) is 11.5 Å². The van der Waals surface area contributed by atoms with Gasteiger partial charge in [-0.25, -0.2) is 0 Å². The highest BCUT2D eigenvalue weighted by atomic mass is 16.5. The summed E-state index contributed by atoms with van der Waals surface area (Å²) in [4.78, 5) is 14.2. The summed E-state index contributed by atoms with van der Waals surface area (Å²) < 4.78 is 10.8. The standard InChI is InChI=1S/C19H27NO3/c1-4-23-18-14-15(10-12-17(18)22-3)11-13-19(21)20(2)16-8-6-5-7-9-16/h10-14,16H,4-9H2,1-3H3. The van der Waals surface area contributed by atoms with Gasteiger partial charge in [0.05, 0.1) is 13.7 Å². The summed E-state index contributed by atoms with van der Waals surface area (Å²) in [6, 6.07) is 6.06. The van der Waals surface area contributed by atoms with Gasteiger partial charge in [-0.1, -0.05) is 25.3 Å². The summed E-state index contributed by atoms with van der Waals surface area (Å²) in [7, 11) is 3.53. The minimum absolute atomic E-state index is 0.0608. The number of ether oxygens (including phenoxy) is 2. The highest BCUT2D eigenvalue weighted by Gasteiger charge is 2.20. The maximum atomic E-state index is 12.3. The number of amides is 1. The van der Waals surface area contributed by atoms with Crippen molar-refractivity contribution in [1.29, 1.82) is 0 Å². The fourth-order valence-corrected chi connectivity index (χ4v) is 3.00. The number of carbonyl (C=O) groups is 1. The predicted molar refractivity (Wildman–Crippen MR) is 92.8 cm³/mol. The van der Waals surface area contributed by atoms with Gasteiger partial charge in [-0.3, -0.25) is 4.79 Å². The van der Waals surface area contributed by atoms with Crippen LogP contribution in [0.2, 0.25) is 0 Å². The maximum absolute atomic E-state index is 12.3. The van der Waals surface area contributed by atoms with E-state index >= 15 is 0 Å². The van der Waals surface area contributed by atoms with Crippen LogP contribution in [0.25, 0.3) is 6.08 Å². The largest absolute Gasteiger partial charge is 0.493 e. The molecule has 1 fully saturated rings. The molecule has 2 rings (SSSR count). The number of hydrogen-bond acceptors (Lipinski definition) is 3. The van der Waals surface area contributed by atoms with Crippen LogP contribution in [0.4, 0.5) is 0 Å². The van der Waals surface area contributed by atoms with Crippen molar-refractivity contribution in [2.45, 2.75) is 45.1 Å². The van der Waals surface area contributed by atoms with Crippen LogP contribution in [0, 0.1) is 0 Å². The van der Waals surface area contributed by atoms with Crippen LogP contribution in [-0.2, 0) is 4.79 Å². The molecule has 0 N–H and O–H groups in total. The summed E-state index contributed by atoms with van der Waals surface area (Å²) in [5.74, 6) is 1.46. The number of nitrogens with zero attached hydrogens (tertiary/aromatic N) is 1. The summed E-state index contributed by atoms with van der Waals surface area (Å²) >= 11 is 0. The second-order valence-electron chi connectivity index (χ2n) is 5.92. The minimum atomic E-state index is 0.0608. The van der Waals surface area contributed by atoms with Crippen molar-refractivity contribution in [2.75, 3.05) is 20.8 Å². The third kappa shape index (κ3) is 4.75. The minimum Gasteiger partial charge on any atom is -0.493 e. The van der Waals surface area contributed by atoms with Crippen molar-refractivity contribution in [3.63, 3.8) is 0 Å². The van der Waals surface area contributed by atoms with Crippen LogP contribution in [0.15, 0.2) is 24.3 Å². The Hall–Kier alpha value is -1.97. The van der Waals surface area contributed by atoms with Crippen LogP contribution in [0.1, 0.15) is 44.6 Å². The molecule has 1 saturated carbocycles. The van der Waals surface area contributed by atoms with Gasteiger partial charge in [-0.15, -0.1) is 0 Å². The molecule has 0 radical (unpaired) electrons. The lowest BCUT2D eigenvalue weighted by Gasteiger charge is -2.30. The van der Waals surface area contributed by atoms with Gasteiger partial charge in [0.25, 0.3) is 0 Å². The van der Waals surface area contributed by atoms with Crippen LogP contribution >= 0.6 is 0 Å². The Balaban J connectivity index is 2.03. The monoisotopic (exact) mass is 317 g/mol. The molecule has 4 heteroatoms. The van der Waals surface area contributed by atoms with Crippen LogP contribution in [0.3, 0.4) is 0 Å². The SMILES string of the molecule is CCOc1cc(C=CC(=O)N(C)C2CCCCC2)ccc1OC. The Labute approximate surface area is 139 Å². The normalized spacial score (nSPS) is 15.6. The van der Waals surface area contributed by atoms with E-state index < -0.39 is 0 Å². The first-order valence-electron chi connectivity index (χ1n) is 8.41. The molecule has 0 unspecified atom stereocenters. The first-order valence-corrected chi connectivity index (χ1v) is 8.41. The quantitative estimate of drug-likeness (QED) is 0.747. The Morgan fingerprint density at radius 1 is 1.26 bits per heavy atom. The fourth-order valence-electron chi connectivity index (χ4n) is 3.00. The highest BCUT2D eigenvalue weighted by Crippen LogP contribution is 2.28. The molecular weight excluding hydrogens is 290 g/mol. The van der Waals surface area contributed by atoms with Gasteiger partial charge in [-0.2, -0.15) is 0 Å². The number of likely N-dealkylation sites (N-methyl/N-ethyl adjacent to an activating group) is 1. The molecule has 4 nitrogen and oxygen atoms in total. The van der Waals surface area contributed by atoms with E-state index in [2.05, 4.69) is 0 Å². The molecule has 0 spiro atoms. The Bertz CT molecular complexity index is 548. The number of carbonyl (C=O) groups excluding carboxylic acids is 1. The molecule has 1 aromatic carbocycles. The van der Waals surface area contributed by atoms with Gasteiger partial charge in [0.1, 0.15) is 0 Å². The second-order valence-corrected chi connectivity index (χ2v) is 5.92. The van der Waals surface area contributed by atoms with E-state index in [4.69, 9.17) is 9.47 Å². The molecular formula is C19H27NO3. The third-order valence-corrected chi connectivity index (χ3v) is 4.38.